The average Bonchev–Trinajstić information content (AvgIpc) is 2.95. The molecule has 0 aliphatic carbocycles. The van der Waals surface area contributed by atoms with Crippen molar-refractivity contribution >= 4 is 21.6 Å². The van der Waals surface area contributed by atoms with E-state index < -0.39 is 0 Å². The zero-order valence-corrected chi connectivity index (χ0v) is 9.46. The van der Waals surface area contributed by atoms with Gasteiger partial charge in [0.2, 0.25) is 0 Å². The molecule has 2 aromatic heterocycles. The first-order valence-corrected chi connectivity index (χ1v) is 5.92. The molecule has 0 radical (unpaired) electrons. The van der Waals surface area contributed by atoms with Crippen LogP contribution >= 0.6 is 11.3 Å². The van der Waals surface area contributed by atoms with Crippen molar-refractivity contribution in [2.45, 2.75) is 6.54 Å². The van der Waals surface area contributed by atoms with Crippen LogP contribution in [0, 0.1) is 0 Å². The monoisotopic (exact) mass is 231 g/mol. The molecule has 4 heteroatoms. The number of aromatic nitrogens is 1. The van der Waals surface area contributed by atoms with Gasteiger partial charge in [0.1, 0.15) is 6.54 Å². The largest absolute Gasteiger partial charge is 0.453 e. The first-order valence-electron chi connectivity index (χ1n) is 5.11. The average molecular weight is 231 g/mol. The zero-order chi connectivity index (χ0) is 11.0. The fourth-order valence-corrected chi connectivity index (χ4v) is 2.53. The smallest absolute Gasteiger partial charge is 0.163 e. The number of quaternary nitrogens is 1. The van der Waals surface area contributed by atoms with Crippen LogP contribution in [0.4, 0.5) is 0 Å². The molecule has 80 valence electrons. The molecule has 1 aromatic carbocycles. The summed E-state index contributed by atoms with van der Waals surface area (Å²) >= 11 is 1.65. The molecule has 0 amide bonds. The Morgan fingerprint density at radius 1 is 1.19 bits per heavy atom. The number of fused-ring (bicyclic) bond motifs is 1. The van der Waals surface area contributed by atoms with Crippen LogP contribution in [0.3, 0.4) is 0 Å². The number of para-hydroxylation sites is 1. The molecule has 0 aliphatic rings. The minimum atomic E-state index is 0.672. The van der Waals surface area contributed by atoms with Gasteiger partial charge in [-0.2, -0.15) is 0 Å². The van der Waals surface area contributed by atoms with Crippen LogP contribution in [0.2, 0.25) is 0 Å². The second kappa shape index (κ2) is 3.73. The van der Waals surface area contributed by atoms with Gasteiger partial charge in [-0.05, 0) is 24.3 Å². The highest BCUT2D eigenvalue weighted by atomic mass is 32.1. The highest BCUT2D eigenvalue weighted by Gasteiger charge is 2.09. The first-order chi connectivity index (χ1) is 7.86. The van der Waals surface area contributed by atoms with Crippen molar-refractivity contribution in [2.75, 3.05) is 0 Å². The Kier molecular flexibility index (Phi) is 2.23. The number of nitrogens with zero attached hydrogens (tertiary/aromatic N) is 1. The lowest BCUT2D eigenvalue weighted by atomic mass is 10.3. The Hall–Kier alpha value is -1.65. The van der Waals surface area contributed by atoms with Crippen LogP contribution in [-0.4, -0.2) is 4.98 Å². The molecule has 3 aromatic rings. The lowest BCUT2D eigenvalue weighted by Crippen LogP contribution is -2.47. The van der Waals surface area contributed by atoms with E-state index in [-0.39, 0.29) is 0 Å². The predicted octanol–water partition coefficient (Wildman–Crippen LogP) is 2.30. The van der Waals surface area contributed by atoms with Crippen molar-refractivity contribution in [2.24, 2.45) is 0 Å². The molecule has 0 unspecified atom stereocenters. The minimum Gasteiger partial charge on any atom is -0.453 e. The van der Waals surface area contributed by atoms with Crippen molar-refractivity contribution < 1.29 is 10.2 Å². The molecule has 3 N–H and O–H groups in total. The lowest BCUT2D eigenvalue weighted by molar-refractivity contribution is -0.390. The van der Waals surface area contributed by atoms with Gasteiger partial charge in [-0.15, -0.1) is 11.3 Å². The number of furan rings is 1. The number of benzene rings is 1. The number of hydrogen-bond donors (Lipinski definition) is 1. The zero-order valence-electron chi connectivity index (χ0n) is 8.64. The summed E-state index contributed by atoms with van der Waals surface area (Å²) < 4.78 is 6.82. The molecule has 0 aliphatic heterocycles. The highest BCUT2D eigenvalue weighted by Crippen LogP contribution is 2.30. The Morgan fingerprint density at radius 3 is 2.81 bits per heavy atom. The van der Waals surface area contributed by atoms with E-state index in [1.807, 2.05) is 30.3 Å². The second-order valence-corrected chi connectivity index (χ2v) is 4.53. The fraction of sp³-hybridized carbons (Fsp3) is 0.0833. The summed E-state index contributed by atoms with van der Waals surface area (Å²) in [5.74, 6) is 1.73. The van der Waals surface area contributed by atoms with Crippen LogP contribution in [0.1, 0.15) is 5.76 Å². The molecule has 0 spiro atoms. The topological polar surface area (TPSA) is 53.7 Å². The van der Waals surface area contributed by atoms with Gasteiger partial charge >= 0.3 is 0 Å². The maximum atomic E-state index is 5.63. The van der Waals surface area contributed by atoms with Crippen LogP contribution < -0.4 is 5.73 Å². The predicted molar refractivity (Wildman–Crippen MR) is 63.9 cm³/mol. The van der Waals surface area contributed by atoms with E-state index in [0.717, 1.165) is 22.0 Å². The van der Waals surface area contributed by atoms with Crippen LogP contribution in [0.5, 0.6) is 0 Å². The molecule has 3 rings (SSSR count). The van der Waals surface area contributed by atoms with Crippen LogP contribution in [0.15, 0.2) is 40.8 Å². The van der Waals surface area contributed by atoms with Crippen molar-refractivity contribution in [3.8, 4) is 10.8 Å². The van der Waals surface area contributed by atoms with E-state index in [2.05, 4.69) is 16.8 Å². The summed E-state index contributed by atoms with van der Waals surface area (Å²) in [5.41, 5.74) is 4.82. The van der Waals surface area contributed by atoms with E-state index in [0.29, 0.717) is 6.54 Å². The van der Waals surface area contributed by atoms with Gasteiger partial charge in [0.05, 0.1) is 10.2 Å². The summed E-state index contributed by atoms with van der Waals surface area (Å²) in [6.07, 6.45) is 0. The molecule has 0 bridgehead atoms. The standard InChI is InChI=1S/C12H10N2OS/c13-7-8-5-6-10(15-8)12-14-9-3-1-2-4-11(9)16-12/h1-6H,7,13H2/p+1. The first kappa shape index (κ1) is 9.57. The van der Waals surface area contributed by atoms with Gasteiger partial charge in [-0.3, -0.25) is 0 Å². The molecule has 2 heterocycles. The molecule has 0 saturated carbocycles. The summed E-state index contributed by atoms with van der Waals surface area (Å²) in [7, 11) is 0. The van der Waals surface area contributed by atoms with E-state index >= 15 is 0 Å². The summed E-state index contributed by atoms with van der Waals surface area (Å²) in [5, 5.41) is 0.931. The molecule has 0 atom stereocenters. The Morgan fingerprint density at radius 2 is 2.06 bits per heavy atom. The minimum absolute atomic E-state index is 0.672. The SMILES string of the molecule is [NH3+]Cc1ccc(-c2nc3ccccc3s2)o1. The molecule has 0 saturated heterocycles. The molecule has 3 nitrogen and oxygen atoms in total. The van der Waals surface area contributed by atoms with Gasteiger partial charge in [-0.25, -0.2) is 4.98 Å². The van der Waals surface area contributed by atoms with Crippen molar-refractivity contribution in [3.63, 3.8) is 0 Å². The number of rotatable bonds is 2. The van der Waals surface area contributed by atoms with Gasteiger partial charge in [0, 0.05) is 0 Å². The Balaban J connectivity index is 2.11. The normalized spacial score (nSPS) is 11.1. The van der Waals surface area contributed by atoms with E-state index in [1.54, 1.807) is 11.3 Å². The van der Waals surface area contributed by atoms with Gasteiger partial charge < -0.3 is 10.2 Å². The Labute approximate surface area is 96.5 Å². The van der Waals surface area contributed by atoms with Gasteiger partial charge in [-0.1, -0.05) is 12.1 Å². The second-order valence-electron chi connectivity index (χ2n) is 3.50. The maximum absolute atomic E-state index is 5.63. The van der Waals surface area contributed by atoms with Crippen LogP contribution in [0.25, 0.3) is 21.0 Å². The van der Waals surface area contributed by atoms with Gasteiger partial charge in [0.15, 0.2) is 16.5 Å². The summed E-state index contributed by atoms with van der Waals surface area (Å²) in [4.78, 5) is 4.53. The van der Waals surface area contributed by atoms with Gasteiger partial charge in [0.25, 0.3) is 0 Å². The van der Waals surface area contributed by atoms with Crippen LogP contribution in [-0.2, 0) is 6.54 Å². The third kappa shape index (κ3) is 1.52. The van der Waals surface area contributed by atoms with Crippen molar-refractivity contribution in [3.05, 3.63) is 42.2 Å². The third-order valence-corrected chi connectivity index (χ3v) is 3.46. The summed E-state index contributed by atoms with van der Waals surface area (Å²) in [6, 6.07) is 12.0. The quantitative estimate of drug-likeness (QED) is 0.735. The highest BCUT2D eigenvalue weighted by molar-refractivity contribution is 7.21. The van der Waals surface area contributed by atoms with E-state index in [1.165, 1.54) is 4.70 Å². The Bertz CT molecular complexity index is 594. The van der Waals surface area contributed by atoms with Crippen molar-refractivity contribution in [1.29, 1.82) is 0 Å². The van der Waals surface area contributed by atoms with E-state index in [4.69, 9.17) is 4.42 Å². The molecule has 0 fully saturated rings. The lowest BCUT2D eigenvalue weighted by Gasteiger charge is -1.87. The fourth-order valence-electron chi connectivity index (χ4n) is 1.60. The molecule has 16 heavy (non-hydrogen) atoms. The molecular formula is C12H11N2OS+. The number of hydrogen-bond acceptors (Lipinski definition) is 3. The maximum Gasteiger partial charge on any atom is 0.163 e. The third-order valence-electron chi connectivity index (χ3n) is 2.41. The van der Waals surface area contributed by atoms with E-state index in [9.17, 15) is 0 Å². The number of thiazole rings is 1. The summed E-state index contributed by atoms with van der Waals surface area (Å²) in [6.45, 7) is 0.672. The van der Waals surface area contributed by atoms with Crippen molar-refractivity contribution in [1.82, 2.24) is 4.98 Å². The molecular weight excluding hydrogens is 220 g/mol.